The van der Waals surface area contributed by atoms with Crippen LogP contribution in [0.2, 0.25) is 0 Å². The number of urea groups is 1. The summed E-state index contributed by atoms with van der Waals surface area (Å²) in [5.41, 5.74) is -0.464. The Morgan fingerprint density at radius 1 is 1.43 bits per heavy atom. The van der Waals surface area contributed by atoms with Gasteiger partial charge in [0.15, 0.2) is 11.6 Å². The minimum absolute atomic E-state index is 0.156. The zero-order chi connectivity index (χ0) is 15.3. The van der Waals surface area contributed by atoms with E-state index in [1.165, 1.54) is 12.1 Å². The predicted molar refractivity (Wildman–Crippen MR) is 78.0 cm³/mol. The van der Waals surface area contributed by atoms with Crippen LogP contribution in [-0.4, -0.2) is 29.9 Å². The Labute approximate surface area is 123 Å². The largest absolute Gasteiger partial charge is 0.491 e. The van der Waals surface area contributed by atoms with Gasteiger partial charge in [-0.2, -0.15) is 0 Å². The summed E-state index contributed by atoms with van der Waals surface area (Å²) < 4.78 is 18.7. The van der Waals surface area contributed by atoms with E-state index in [4.69, 9.17) is 4.74 Å². The normalized spacial score (nSPS) is 16.5. The van der Waals surface area contributed by atoms with Gasteiger partial charge in [0.25, 0.3) is 0 Å². The maximum atomic E-state index is 13.6. The highest BCUT2D eigenvalue weighted by atomic mass is 19.1. The molecule has 0 atom stereocenters. The number of hydrogen-bond donors (Lipinski definition) is 3. The molecule has 1 aliphatic carbocycles. The molecule has 116 valence electrons. The van der Waals surface area contributed by atoms with Gasteiger partial charge >= 0.3 is 6.03 Å². The van der Waals surface area contributed by atoms with E-state index in [2.05, 4.69) is 10.6 Å². The topological polar surface area (TPSA) is 70.6 Å². The molecular formula is C15H21FN2O3. The standard InChI is InChI=1S/C15H21FN2O3/c1-2-21-13-6-5-11(9-12(13)16)18-14(19)17-10-15(20)7-3-4-8-15/h5-6,9,20H,2-4,7-8,10H2,1H3,(H2,17,18,19). The van der Waals surface area contributed by atoms with E-state index in [1.54, 1.807) is 13.0 Å². The van der Waals surface area contributed by atoms with Crippen LogP contribution in [0.25, 0.3) is 0 Å². The summed E-state index contributed by atoms with van der Waals surface area (Å²) in [5, 5.41) is 15.3. The first kappa shape index (κ1) is 15.6. The first-order valence-electron chi connectivity index (χ1n) is 7.22. The number of halogens is 1. The third-order valence-electron chi connectivity index (χ3n) is 3.60. The molecule has 1 saturated carbocycles. The first-order chi connectivity index (χ1) is 10.0. The summed E-state index contributed by atoms with van der Waals surface area (Å²) in [5.74, 6) is -0.368. The molecule has 3 N–H and O–H groups in total. The summed E-state index contributed by atoms with van der Waals surface area (Å²) in [6, 6.07) is 3.78. The molecule has 1 aromatic rings. The Hall–Kier alpha value is -1.82. The Morgan fingerprint density at radius 2 is 2.14 bits per heavy atom. The molecule has 0 aliphatic heterocycles. The highest BCUT2D eigenvalue weighted by Crippen LogP contribution is 2.28. The molecule has 6 heteroatoms. The number of hydrogen-bond acceptors (Lipinski definition) is 3. The van der Waals surface area contributed by atoms with Crippen LogP contribution in [0.4, 0.5) is 14.9 Å². The van der Waals surface area contributed by atoms with Crippen molar-refractivity contribution in [3.05, 3.63) is 24.0 Å². The highest BCUT2D eigenvalue weighted by Gasteiger charge is 2.31. The zero-order valence-corrected chi connectivity index (χ0v) is 12.1. The third-order valence-corrected chi connectivity index (χ3v) is 3.60. The molecule has 21 heavy (non-hydrogen) atoms. The molecule has 5 nitrogen and oxygen atoms in total. The Balaban J connectivity index is 1.86. The number of benzene rings is 1. The highest BCUT2D eigenvalue weighted by molar-refractivity contribution is 5.89. The summed E-state index contributed by atoms with van der Waals surface area (Å²) in [6.45, 7) is 2.36. The molecule has 1 fully saturated rings. The summed E-state index contributed by atoms with van der Waals surface area (Å²) >= 11 is 0. The van der Waals surface area contributed by atoms with Crippen molar-refractivity contribution < 1.29 is 19.0 Å². The molecule has 1 aliphatic rings. The van der Waals surface area contributed by atoms with E-state index in [0.29, 0.717) is 25.1 Å². The lowest BCUT2D eigenvalue weighted by Crippen LogP contribution is -2.42. The van der Waals surface area contributed by atoms with E-state index in [9.17, 15) is 14.3 Å². The molecule has 0 radical (unpaired) electrons. The van der Waals surface area contributed by atoms with E-state index in [1.807, 2.05) is 0 Å². The van der Waals surface area contributed by atoms with Crippen molar-refractivity contribution in [3.8, 4) is 5.75 Å². The lowest BCUT2D eigenvalue weighted by Gasteiger charge is -2.22. The van der Waals surface area contributed by atoms with Crippen molar-refractivity contribution >= 4 is 11.7 Å². The minimum atomic E-state index is -0.804. The van der Waals surface area contributed by atoms with Gasteiger partial charge in [-0.05, 0) is 31.9 Å². The van der Waals surface area contributed by atoms with Crippen molar-refractivity contribution in [3.63, 3.8) is 0 Å². The lowest BCUT2D eigenvalue weighted by atomic mass is 10.0. The molecular weight excluding hydrogens is 275 g/mol. The fourth-order valence-electron chi connectivity index (χ4n) is 2.48. The molecule has 2 rings (SSSR count). The number of amides is 2. The second kappa shape index (κ2) is 6.76. The maximum absolute atomic E-state index is 13.6. The number of anilines is 1. The third kappa shape index (κ3) is 4.32. The number of carbonyl (C=O) groups is 1. The fraction of sp³-hybridized carbons (Fsp3) is 0.533. The second-order valence-corrected chi connectivity index (χ2v) is 5.32. The molecule has 0 heterocycles. The summed E-state index contributed by atoms with van der Waals surface area (Å²) in [6.07, 6.45) is 3.35. The van der Waals surface area contributed by atoms with Gasteiger partial charge in [0.2, 0.25) is 0 Å². The fourth-order valence-corrected chi connectivity index (χ4v) is 2.48. The summed E-state index contributed by atoms with van der Waals surface area (Å²) in [7, 11) is 0. The van der Waals surface area contributed by atoms with Crippen LogP contribution in [0.1, 0.15) is 32.6 Å². The number of ether oxygens (including phenoxy) is 1. The molecule has 0 bridgehead atoms. The smallest absolute Gasteiger partial charge is 0.319 e. The average Bonchev–Trinajstić information content (AvgIpc) is 2.87. The molecule has 0 spiro atoms. The van der Waals surface area contributed by atoms with Crippen molar-refractivity contribution in [1.29, 1.82) is 0 Å². The van der Waals surface area contributed by atoms with E-state index < -0.39 is 17.4 Å². The molecule has 0 unspecified atom stereocenters. The van der Waals surface area contributed by atoms with Gasteiger partial charge in [0, 0.05) is 18.3 Å². The SMILES string of the molecule is CCOc1ccc(NC(=O)NCC2(O)CCCC2)cc1F. The van der Waals surface area contributed by atoms with Gasteiger partial charge in [0.05, 0.1) is 12.2 Å². The van der Waals surface area contributed by atoms with Gasteiger partial charge in [-0.15, -0.1) is 0 Å². The van der Waals surface area contributed by atoms with E-state index >= 15 is 0 Å². The monoisotopic (exact) mass is 296 g/mol. The van der Waals surface area contributed by atoms with Gasteiger partial charge in [0.1, 0.15) is 0 Å². The maximum Gasteiger partial charge on any atom is 0.319 e. The number of nitrogens with one attached hydrogen (secondary N) is 2. The number of rotatable bonds is 5. The molecule has 0 aromatic heterocycles. The Kier molecular flexibility index (Phi) is 5.01. The van der Waals surface area contributed by atoms with Gasteiger partial charge in [-0.1, -0.05) is 12.8 Å². The van der Waals surface area contributed by atoms with Crippen LogP contribution >= 0.6 is 0 Å². The van der Waals surface area contributed by atoms with Crippen molar-refractivity contribution in [2.75, 3.05) is 18.5 Å². The molecule has 2 amide bonds. The van der Waals surface area contributed by atoms with Gasteiger partial charge < -0.3 is 20.5 Å². The minimum Gasteiger partial charge on any atom is -0.491 e. The molecule has 1 aromatic carbocycles. The Morgan fingerprint density at radius 3 is 2.76 bits per heavy atom. The summed E-state index contributed by atoms with van der Waals surface area (Å²) in [4.78, 5) is 11.7. The number of carbonyl (C=O) groups excluding carboxylic acids is 1. The van der Waals surface area contributed by atoms with Crippen LogP contribution < -0.4 is 15.4 Å². The van der Waals surface area contributed by atoms with Crippen molar-refractivity contribution in [1.82, 2.24) is 5.32 Å². The number of aliphatic hydroxyl groups is 1. The van der Waals surface area contributed by atoms with Crippen LogP contribution in [-0.2, 0) is 0 Å². The molecule has 0 saturated heterocycles. The second-order valence-electron chi connectivity index (χ2n) is 5.32. The van der Waals surface area contributed by atoms with Crippen LogP contribution in [0.15, 0.2) is 18.2 Å². The quantitative estimate of drug-likeness (QED) is 0.782. The zero-order valence-electron chi connectivity index (χ0n) is 12.1. The average molecular weight is 296 g/mol. The van der Waals surface area contributed by atoms with Crippen LogP contribution in [0, 0.1) is 5.82 Å². The van der Waals surface area contributed by atoms with Crippen molar-refractivity contribution in [2.24, 2.45) is 0 Å². The van der Waals surface area contributed by atoms with Gasteiger partial charge in [-0.3, -0.25) is 0 Å². The first-order valence-corrected chi connectivity index (χ1v) is 7.22. The van der Waals surface area contributed by atoms with Crippen LogP contribution in [0.5, 0.6) is 5.75 Å². The predicted octanol–water partition coefficient (Wildman–Crippen LogP) is 2.65. The van der Waals surface area contributed by atoms with Crippen LogP contribution in [0.3, 0.4) is 0 Å². The lowest BCUT2D eigenvalue weighted by molar-refractivity contribution is 0.0506. The Bertz CT molecular complexity index is 502. The van der Waals surface area contributed by atoms with E-state index in [0.717, 1.165) is 12.8 Å². The van der Waals surface area contributed by atoms with E-state index in [-0.39, 0.29) is 12.3 Å². The van der Waals surface area contributed by atoms with Gasteiger partial charge in [-0.25, -0.2) is 9.18 Å². The van der Waals surface area contributed by atoms with Crippen molar-refractivity contribution in [2.45, 2.75) is 38.2 Å².